The van der Waals surface area contributed by atoms with Gasteiger partial charge in [-0.15, -0.1) is 0 Å². The van der Waals surface area contributed by atoms with Crippen molar-refractivity contribution in [3.8, 4) is 11.5 Å². The van der Waals surface area contributed by atoms with Gasteiger partial charge < -0.3 is 10.2 Å². The van der Waals surface area contributed by atoms with Crippen LogP contribution in [0.3, 0.4) is 0 Å². The van der Waals surface area contributed by atoms with E-state index in [2.05, 4.69) is 101 Å². The average Bonchev–Trinajstić information content (AvgIpc) is 2.72. The molecule has 2 N–H and O–H groups in total. The van der Waals surface area contributed by atoms with Gasteiger partial charge >= 0.3 is 0 Å². The number of aliphatic imine (C=N–C) groups is 2. The summed E-state index contributed by atoms with van der Waals surface area (Å²) in [4.78, 5) is 9.17. The van der Waals surface area contributed by atoms with Crippen molar-refractivity contribution in [1.82, 2.24) is 0 Å². The first-order chi connectivity index (χ1) is 16.1. The van der Waals surface area contributed by atoms with Crippen LogP contribution in [-0.4, -0.2) is 51.9 Å². The zero-order valence-corrected chi connectivity index (χ0v) is 25.5. The van der Waals surface area contributed by atoms with Gasteiger partial charge in [-0.2, -0.15) is 0 Å². The van der Waals surface area contributed by atoms with E-state index >= 15 is 0 Å². The smallest absolute Gasteiger partial charge is 0.127 e. The summed E-state index contributed by atoms with van der Waals surface area (Å²) in [6.07, 6.45) is 4.43. The summed E-state index contributed by atoms with van der Waals surface area (Å²) >= 11 is 0. The van der Waals surface area contributed by atoms with Gasteiger partial charge in [-0.3, -0.25) is 9.98 Å². The quantitative estimate of drug-likeness (QED) is 0.222. The van der Waals surface area contributed by atoms with Crippen molar-refractivity contribution >= 4 is 39.0 Å². The third-order valence-corrected chi connectivity index (χ3v) is 10.4. The van der Waals surface area contributed by atoms with Gasteiger partial charge in [0.15, 0.2) is 0 Å². The molecule has 0 heterocycles. The molecule has 2 aromatic rings. The average molecular weight is 511 g/mol. The summed E-state index contributed by atoms with van der Waals surface area (Å²) in [7, 11) is -3.01. The summed E-state index contributed by atoms with van der Waals surface area (Å²) in [6, 6.07) is 8.57. The second kappa shape index (κ2) is 11.7. The van der Waals surface area contributed by atoms with Crippen molar-refractivity contribution in [3.05, 3.63) is 46.5 Å². The highest BCUT2D eigenvalue weighted by Gasteiger charge is 2.22. The van der Waals surface area contributed by atoms with Gasteiger partial charge in [0.2, 0.25) is 0 Å². The van der Waals surface area contributed by atoms with Crippen molar-refractivity contribution in [2.45, 2.75) is 85.2 Å². The van der Waals surface area contributed by atoms with Crippen LogP contribution in [0.5, 0.6) is 11.5 Å². The fourth-order valence-electron chi connectivity index (χ4n) is 3.88. The van der Waals surface area contributed by atoms with E-state index in [4.69, 9.17) is 0 Å². The normalized spacial score (nSPS) is 13.1. The number of nitrogens with zero attached hydrogens (tertiary/aromatic N) is 2. The van der Waals surface area contributed by atoms with Crippen LogP contribution in [0.4, 0.5) is 0 Å². The Morgan fingerprint density at radius 3 is 1.29 bits per heavy atom. The Hall–Kier alpha value is -2.19. The molecule has 0 spiro atoms. The van der Waals surface area contributed by atoms with E-state index in [0.717, 1.165) is 28.7 Å². The molecule has 4 nitrogen and oxygen atoms in total. The number of hydrogen-bond acceptors (Lipinski definition) is 4. The van der Waals surface area contributed by atoms with Crippen molar-refractivity contribution < 1.29 is 10.2 Å². The van der Waals surface area contributed by atoms with E-state index in [1.807, 2.05) is 12.4 Å². The number of hydrogen-bond donors (Lipinski definition) is 2. The number of phenolic OH excluding ortho intramolecular Hbond substituents is 2. The van der Waals surface area contributed by atoms with E-state index in [1.54, 1.807) is 0 Å². The Morgan fingerprint density at radius 2 is 1.00 bits per heavy atom. The zero-order chi connectivity index (χ0) is 26.6. The molecule has 192 valence electrons. The molecule has 0 atom stereocenters. The fourth-order valence-corrected chi connectivity index (χ4v) is 6.24. The second-order valence-electron chi connectivity index (χ2n) is 12.2. The van der Waals surface area contributed by atoms with Gasteiger partial charge in [0.25, 0.3) is 0 Å². The van der Waals surface area contributed by atoms with Crippen LogP contribution in [-0.2, 0) is 0 Å². The maximum atomic E-state index is 10.8. The SMILES string of the molecule is CC(C)c1cc([Si](C)(C)C)cc(C=NCCCN=Cc2cc([Si](C)(C)C)cc(C(C)C)c2O)c1O. The third kappa shape index (κ3) is 7.90. The molecule has 0 amide bonds. The van der Waals surface area contributed by atoms with E-state index in [9.17, 15) is 10.2 Å². The van der Waals surface area contributed by atoms with Crippen molar-refractivity contribution in [2.75, 3.05) is 13.1 Å². The Balaban J connectivity index is 2.10. The zero-order valence-electron chi connectivity index (χ0n) is 23.5. The molecule has 35 heavy (non-hydrogen) atoms. The van der Waals surface area contributed by atoms with Crippen LogP contribution in [0.2, 0.25) is 39.3 Å². The van der Waals surface area contributed by atoms with Crippen LogP contribution in [0.15, 0.2) is 34.3 Å². The molecular weight excluding hydrogens is 465 g/mol. The van der Waals surface area contributed by atoms with Crippen molar-refractivity contribution in [2.24, 2.45) is 9.98 Å². The number of phenols is 2. The summed E-state index contributed by atoms with van der Waals surface area (Å²) in [6.45, 7) is 23.7. The van der Waals surface area contributed by atoms with Crippen molar-refractivity contribution in [1.29, 1.82) is 0 Å². The molecule has 0 aliphatic heterocycles. The second-order valence-corrected chi connectivity index (χ2v) is 22.4. The van der Waals surface area contributed by atoms with E-state index in [-0.39, 0.29) is 11.8 Å². The summed E-state index contributed by atoms with van der Waals surface area (Å²) in [5.74, 6) is 1.23. The first kappa shape index (κ1) is 29.0. The van der Waals surface area contributed by atoms with Crippen molar-refractivity contribution in [3.63, 3.8) is 0 Å². The predicted molar refractivity (Wildman–Crippen MR) is 160 cm³/mol. The summed E-state index contributed by atoms with van der Waals surface area (Å²) < 4.78 is 0. The molecule has 0 fully saturated rings. The molecule has 0 aromatic heterocycles. The largest absolute Gasteiger partial charge is 0.507 e. The molecule has 2 aromatic carbocycles. The minimum atomic E-state index is -1.50. The number of aromatic hydroxyl groups is 2. The van der Waals surface area contributed by atoms with Gasteiger partial charge in [-0.25, -0.2) is 0 Å². The molecule has 6 heteroatoms. The van der Waals surface area contributed by atoms with Crippen LogP contribution < -0.4 is 10.4 Å². The molecule has 2 rings (SSSR count). The van der Waals surface area contributed by atoms with Crippen LogP contribution in [0, 0.1) is 0 Å². The van der Waals surface area contributed by atoms with E-state index in [1.165, 1.54) is 10.4 Å². The molecular formula is C29H46N2O2Si2. The minimum Gasteiger partial charge on any atom is -0.507 e. The highest BCUT2D eigenvalue weighted by Crippen LogP contribution is 2.29. The lowest BCUT2D eigenvalue weighted by Gasteiger charge is -2.21. The molecule has 0 unspecified atom stereocenters. The summed E-state index contributed by atoms with van der Waals surface area (Å²) in [5, 5.41) is 24.2. The Bertz CT molecular complexity index is 990. The topological polar surface area (TPSA) is 65.2 Å². The monoisotopic (exact) mass is 510 g/mol. The lowest BCUT2D eigenvalue weighted by atomic mass is 9.99. The Labute approximate surface area is 215 Å². The molecule has 0 saturated carbocycles. The first-order valence-corrected chi connectivity index (χ1v) is 19.9. The van der Waals surface area contributed by atoms with Gasteiger partial charge in [-0.05, 0) is 29.4 Å². The molecule has 0 radical (unpaired) electrons. The lowest BCUT2D eigenvalue weighted by molar-refractivity contribution is 0.463. The summed E-state index contributed by atoms with van der Waals surface area (Å²) in [5.41, 5.74) is 3.62. The van der Waals surface area contributed by atoms with Gasteiger partial charge in [0.1, 0.15) is 11.5 Å². The van der Waals surface area contributed by atoms with Gasteiger partial charge in [0, 0.05) is 36.6 Å². The van der Waals surface area contributed by atoms with Crippen LogP contribution >= 0.6 is 0 Å². The lowest BCUT2D eigenvalue weighted by Crippen LogP contribution is -2.38. The fraction of sp³-hybridized carbons (Fsp3) is 0.517. The van der Waals surface area contributed by atoms with E-state index in [0.29, 0.717) is 24.6 Å². The predicted octanol–water partition coefficient (Wildman–Crippen LogP) is 6.36. The van der Waals surface area contributed by atoms with E-state index < -0.39 is 16.1 Å². The maximum absolute atomic E-state index is 10.8. The minimum absolute atomic E-state index is 0.264. The molecule has 0 saturated heterocycles. The molecule has 0 bridgehead atoms. The highest BCUT2D eigenvalue weighted by atomic mass is 28.3. The van der Waals surface area contributed by atoms with Crippen LogP contribution in [0.25, 0.3) is 0 Å². The number of rotatable bonds is 10. The Morgan fingerprint density at radius 1 is 0.657 bits per heavy atom. The Kier molecular flexibility index (Phi) is 9.71. The first-order valence-electron chi connectivity index (χ1n) is 12.9. The van der Waals surface area contributed by atoms with Crippen LogP contribution in [0.1, 0.15) is 68.2 Å². The standard InChI is InChI=1S/C29H46N2O2Si2/c1-20(2)26-16-24(34(5,6)7)14-22(28(26)32)18-30-12-11-13-31-19-23-15-25(35(8,9)10)17-27(21(3)4)29(23)33/h14-21,32-33H,11-13H2,1-10H3. The molecule has 0 aliphatic carbocycles. The molecule has 0 aliphatic rings. The maximum Gasteiger partial charge on any atom is 0.127 e. The van der Waals surface area contributed by atoms with Gasteiger partial charge in [-0.1, -0.05) is 102 Å². The third-order valence-electron chi connectivity index (χ3n) is 6.35. The number of benzene rings is 2. The van der Waals surface area contributed by atoms with Gasteiger partial charge in [0.05, 0.1) is 16.1 Å². The highest BCUT2D eigenvalue weighted by molar-refractivity contribution is 6.89.